The van der Waals surface area contributed by atoms with E-state index >= 15 is 0 Å². The van der Waals surface area contributed by atoms with Crippen molar-refractivity contribution in [3.8, 4) is 0 Å². The van der Waals surface area contributed by atoms with Gasteiger partial charge in [0.25, 0.3) is 11.2 Å². The Kier molecular flexibility index (Phi) is 8.10. The zero-order valence-corrected chi connectivity index (χ0v) is 22.7. The fourth-order valence-corrected chi connectivity index (χ4v) is 5.32. The first-order valence-corrected chi connectivity index (χ1v) is 12.7. The van der Waals surface area contributed by atoms with Gasteiger partial charge in [0, 0.05) is 32.3 Å². The van der Waals surface area contributed by atoms with Gasteiger partial charge in [-0.25, -0.2) is 9.79 Å². The highest BCUT2D eigenvalue weighted by Gasteiger charge is 2.33. The van der Waals surface area contributed by atoms with E-state index in [0.29, 0.717) is 36.9 Å². The van der Waals surface area contributed by atoms with Gasteiger partial charge < -0.3 is 14.4 Å². The van der Waals surface area contributed by atoms with Crippen molar-refractivity contribution in [2.24, 2.45) is 4.99 Å². The van der Waals surface area contributed by atoms with E-state index in [9.17, 15) is 19.7 Å². The first-order chi connectivity index (χ1) is 18.1. The smallest absolute Gasteiger partial charge is 0.338 e. The number of allylic oxidation sites excluding steroid dienone is 1. The number of anilines is 1. The normalized spacial score (nSPS) is 15.2. The Morgan fingerprint density at radius 3 is 2.58 bits per heavy atom. The molecular weight excluding hydrogens is 532 g/mol. The number of halogens is 1. The van der Waals surface area contributed by atoms with Crippen molar-refractivity contribution in [1.29, 1.82) is 0 Å². The number of nitro groups is 1. The van der Waals surface area contributed by atoms with Crippen molar-refractivity contribution in [2.45, 2.75) is 13.0 Å². The highest BCUT2D eigenvalue weighted by Crippen LogP contribution is 2.31. The highest BCUT2D eigenvalue weighted by molar-refractivity contribution is 7.07. The predicted octanol–water partition coefficient (Wildman–Crippen LogP) is 3.05. The summed E-state index contributed by atoms with van der Waals surface area (Å²) in [6.45, 7) is 1.96. The minimum atomic E-state index is -0.800. The van der Waals surface area contributed by atoms with Crippen LogP contribution < -0.4 is 19.8 Å². The number of fused-ring (bicyclic) bond motifs is 1. The summed E-state index contributed by atoms with van der Waals surface area (Å²) in [5.41, 5.74) is 1.78. The lowest BCUT2D eigenvalue weighted by Gasteiger charge is -2.24. The first kappa shape index (κ1) is 27.2. The molecule has 0 radical (unpaired) electrons. The van der Waals surface area contributed by atoms with Crippen LogP contribution in [-0.2, 0) is 14.3 Å². The number of hydrogen-bond acceptors (Lipinski definition) is 9. The monoisotopic (exact) mass is 556 g/mol. The number of esters is 1. The van der Waals surface area contributed by atoms with Crippen molar-refractivity contribution in [1.82, 2.24) is 4.57 Å². The molecule has 2 aromatic carbocycles. The number of aromatic nitrogens is 1. The number of nitro benzene ring substituents is 1. The third-order valence-electron chi connectivity index (χ3n) is 5.92. The molecule has 12 heteroatoms. The van der Waals surface area contributed by atoms with Gasteiger partial charge in [0.15, 0.2) is 4.80 Å². The number of carbonyl (C=O) groups is 1. The van der Waals surface area contributed by atoms with Crippen molar-refractivity contribution in [3.63, 3.8) is 0 Å². The van der Waals surface area contributed by atoms with Gasteiger partial charge in [0.1, 0.15) is 12.3 Å². The molecule has 0 fully saturated rings. The van der Waals surface area contributed by atoms with Crippen LogP contribution in [0.25, 0.3) is 6.08 Å². The number of benzene rings is 2. The lowest BCUT2D eigenvalue weighted by molar-refractivity contribution is -0.384. The van der Waals surface area contributed by atoms with Gasteiger partial charge in [-0.1, -0.05) is 41.1 Å². The molecule has 0 amide bonds. The summed E-state index contributed by atoms with van der Waals surface area (Å²) in [7, 11) is 4.94. The number of ether oxygens (including phenoxy) is 2. The van der Waals surface area contributed by atoms with E-state index in [1.54, 1.807) is 68.4 Å². The van der Waals surface area contributed by atoms with Crippen molar-refractivity contribution < 1.29 is 19.2 Å². The lowest BCUT2D eigenvalue weighted by atomic mass is 9.96. The van der Waals surface area contributed by atoms with E-state index in [4.69, 9.17) is 21.1 Å². The minimum Gasteiger partial charge on any atom is -0.460 e. The van der Waals surface area contributed by atoms with Gasteiger partial charge >= 0.3 is 5.97 Å². The zero-order valence-electron chi connectivity index (χ0n) is 21.1. The van der Waals surface area contributed by atoms with Crippen LogP contribution in [0.5, 0.6) is 0 Å². The molecule has 1 aliphatic heterocycles. The molecule has 3 aromatic rings. The lowest BCUT2D eigenvalue weighted by Crippen LogP contribution is -2.40. The number of nitrogens with zero attached hydrogens (tertiary/aromatic N) is 4. The van der Waals surface area contributed by atoms with Gasteiger partial charge in [-0.3, -0.25) is 19.5 Å². The molecule has 1 atom stereocenters. The highest BCUT2D eigenvalue weighted by atomic mass is 35.5. The van der Waals surface area contributed by atoms with Gasteiger partial charge in [-0.2, -0.15) is 0 Å². The second kappa shape index (κ2) is 11.3. The van der Waals surface area contributed by atoms with Gasteiger partial charge in [0.05, 0.1) is 33.4 Å². The Morgan fingerprint density at radius 1 is 1.24 bits per heavy atom. The molecule has 0 aliphatic carbocycles. The number of thiazole rings is 1. The maximum absolute atomic E-state index is 13.7. The summed E-state index contributed by atoms with van der Waals surface area (Å²) < 4.78 is 12.1. The molecule has 4 rings (SSSR count). The Morgan fingerprint density at radius 2 is 1.95 bits per heavy atom. The van der Waals surface area contributed by atoms with Crippen LogP contribution >= 0.6 is 22.9 Å². The van der Waals surface area contributed by atoms with Crippen LogP contribution in [0.15, 0.2) is 63.5 Å². The van der Waals surface area contributed by atoms with E-state index in [2.05, 4.69) is 4.99 Å². The van der Waals surface area contributed by atoms with Crippen molar-refractivity contribution in [3.05, 3.63) is 99.7 Å². The Bertz CT molecular complexity index is 1610. The summed E-state index contributed by atoms with van der Waals surface area (Å²) in [6.07, 6.45) is 1.59. The molecular formula is C26H25ClN4O6S. The Labute approximate surface area is 226 Å². The summed E-state index contributed by atoms with van der Waals surface area (Å²) in [5.74, 6) is -0.604. The number of carbonyl (C=O) groups excluding carboxylic acids is 1. The molecule has 38 heavy (non-hydrogen) atoms. The Balaban J connectivity index is 1.88. The molecule has 198 valence electrons. The topological polar surface area (TPSA) is 116 Å². The third-order valence-corrected chi connectivity index (χ3v) is 7.16. The molecule has 2 heterocycles. The molecule has 0 saturated heterocycles. The SMILES string of the molecule is COCCOC(=O)C1=C(C)N=c2sc(=Cc3ccc(N(C)C)c([N+](=O)[O-])c3)c(=O)n2C1c1ccc(Cl)cc1. The molecule has 0 saturated carbocycles. The maximum Gasteiger partial charge on any atom is 0.338 e. The second-order valence-corrected chi connectivity index (χ2v) is 10.1. The molecule has 10 nitrogen and oxygen atoms in total. The van der Waals surface area contributed by atoms with Crippen molar-refractivity contribution in [2.75, 3.05) is 39.3 Å². The zero-order chi connectivity index (χ0) is 27.6. The quantitative estimate of drug-likeness (QED) is 0.181. The second-order valence-electron chi connectivity index (χ2n) is 8.66. The largest absolute Gasteiger partial charge is 0.460 e. The van der Waals surface area contributed by atoms with Crippen LogP contribution in [0, 0.1) is 10.1 Å². The average molecular weight is 557 g/mol. The molecule has 0 N–H and O–H groups in total. The van der Waals surface area contributed by atoms with E-state index in [0.717, 1.165) is 11.3 Å². The van der Waals surface area contributed by atoms with Crippen LogP contribution in [-0.4, -0.2) is 49.9 Å². The van der Waals surface area contributed by atoms with E-state index in [-0.39, 0.29) is 30.0 Å². The summed E-state index contributed by atoms with van der Waals surface area (Å²) >= 11 is 7.23. The minimum absolute atomic E-state index is 0.0472. The average Bonchev–Trinajstić information content (AvgIpc) is 3.17. The van der Waals surface area contributed by atoms with Crippen LogP contribution in [0.3, 0.4) is 0 Å². The van der Waals surface area contributed by atoms with Crippen LogP contribution in [0.2, 0.25) is 5.02 Å². The first-order valence-electron chi connectivity index (χ1n) is 11.5. The number of rotatable bonds is 8. The fourth-order valence-electron chi connectivity index (χ4n) is 4.14. The molecule has 1 unspecified atom stereocenters. The summed E-state index contributed by atoms with van der Waals surface area (Å²) in [6, 6.07) is 10.8. The van der Waals surface area contributed by atoms with Crippen LogP contribution in [0.1, 0.15) is 24.1 Å². The van der Waals surface area contributed by atoms with E-state index in [1.807, 2.05) is 0 Å². The molecule has 1 aromatic heterocycles. The van der Waals surface area contributed by atoms with Gasteiger partial charge in [-0.15, -0.1) is 0 Å². The standard InChI is InChI=1S/C26H25ClN4O6S/c1-15-22(25(33)37-12-11-36-4)23(17-6-8-18(27)9-7-17)30-24(32)21(38-26(30)28-15)14-16-5-10-19(29(2)3)20(13-16)31(34)35/h5-10,13-14,23H,11-12H2,1-4H3. The molecule has 1 aliphatic rings. The van der Waals surface area contributed by atoms with Crippen LogP contribution in [0.4, 0.5) is 11.4 Å². The van der Waals surface area contributed by atoms with Crippen molar-refractivity contribution >= 4 is 46.4 Å². The van der Waals surface area contributed by atoms with E-state index in [1.165, 1.54) is 17.7 Å². The maximum atomic E-state index is 13.7. The summed E-state index contributed by atoms with van der Waals surface area (Å²) in [5, 5.41) is 12.1. The van der Waals surface area contributed by atoms with Gasteiger partial charge in [0.2, 0.25) is 0 Å². The third kappa shape index (κ3) is 5.40. The predicted molar refractivity (Wildman–Crippen MR) is 145 cm³/mol. The Hall–Kier alpha value is -3.80. The fraction of sp³-hybridized carbons (Fsp3) is 0.269. The molecule has 0 bridgehead atoms. The number of hydrogen-bond donors (Lipinski definition) is 0. The van der Waals surface area contributed by atoms with Gasteiger partial charge in [-0.05, 0) is 42.3 Å². The summed E-state index contributed by atoms with van der Waals surface area (Å²) in [4.78, 5) is 44.6. The van der Waals surface area contributed by atoms with E-state index < -0.39 is 16.9 Å². The molecule has 0 spiro atoms. The number of methoxy groups -OCH3 is 1.